The standard InChI is InChI=1S/C18H13ClN8O/c19-12-6-7-26-15(12)18(28)27(11-4-2-1-3-5-11)13(24-26)8-25-10-23-14-16(20)21-9-22-17(14)25/h1-7,9-10H,8H2,(H2,20,21,22). The summed E-state index contributed by atoms with van der Waals surface area (Å²) in [6.07, 6.45) is 4.64. The van der Waals surface area contributed by atoms with Gasteiger partial charge >= 0.3 is 0 Å². The van der Waals surface area contributed by atoms with Crippen LogP contribution in [0.2, 0.25) is 5.02 Å². The highest BCUT2D eigenvalue weighted by Gasteiger charge is 2.17. The molecule has 0 bridgehead atoms. The molecule has 5 rings (SSSR count). The summed E-state index contributed by atoms with van der Waals surface area (Å²) in [7, 11) is 0. The van der Waals surface area contributed by atoms with Crippen LogP contribution < -0.4 is 11.3 Å². The third-order valence-corrected chi connectivity index (χ3v) is 4.77. The maximum Gasteiger partial charge on any atom is 0.284 e. The average Bonchev–Trinajstić information content (AvgIpc) is 3.28. The van der Waals surface area contributed by atoms with E-state index in [2.05, 4.69) is 20.1 Å². The van der Waals surface area contributed by atoms with Gasteiger partial charge in [-0.2, -0.15) is 5.10 Å². The molecule has 138 valence electrons. The zero-order valence-electron chi connectivity index (χ0n) is 14.4. The van der Waals surface area contributed by atoms with Gasteiger partial charge in [-0.1, -0.05) is 29.8 Å². The van der Waals surface area contributed by atoms with Gasteiger partial charge in [0, 0.05) is 6.20 Å². The molecular weight excluding hydrogens is 380 g/mol. The number of fused-ring (bicyclic) bond motifs is 2. The second-order valence-electron chi connectivity index (χ2n) is 6.15. The highest BCUT2D eigenvalue weighted by atomic mass is 35.5. The van der Waals surface area contributed by atoms with Crippen molar-refractivity contribution in [3.05, 3.63) is 76.5 Å². The van der Waals surface area contributed by atoms with Gasteiger partial charge < -0.3 is 10.3 Å². The van der Waals surface area contributed by atoms with Crippen LogP contribution in [0.3, 0.4) is 0 Å². The Morgan fingerprint density at radius 3 is 2.71 bits per heavy atom. The highest BCUT2D eigenvalue weighted by molar-refractivity contribution is 6.33. The molecule has 0 amide bonds. The Balaban J connectivity index is 1.76. The van der Waals surface area contributed by atoms with Crippen LogP contribution in [-0.4, -0.2) is 33.7 Å². The number of hydrogen-bond donors (Lipinski definition) is 1. The highest BCUT2D eigenvalue weighted by Crippen LogP contribution is 2.19. The lowest BCUT2D eigenvalue weighted by Gasteiger charge is -2.13. The van der Waals surface area contributed by atoms with Crippen LogP contribution in [0.1, 0.15) is 5.82 Å². The van der Waals surface area contributed by atoms with Crippen molar-refractivity contribution >= 4 is 34.1 Å². The van der Waals surface area contributed by atoms with Gasteiger partial charge in [0.15, 0.2) is 17.3 Å². The van der Waals surface area contributed by atoms with E-state index in [9.17, 15) is 4.79 Å². The summed E-state index contributed by atoms with van der Waals surface area (Å²) < 4.78 is 4.80. The maximum absolute atomic E-state index is 13.2. The molecule has 0 atom stereocenters. The number of rotatable bonds is 3. The Hall–Kier alpha value is -3.72. The lowest BCUT2D eigenvalue weighted by atomic mass is 10.3. The topological polar surface area (TPSA) is 109 Å². The summed E-state index contributed by atoms with van der Waals surface area (Å²) in [4.78, 5) is 25.7. The van der Waals surface area contributed by atoms with Crippen molar-refractivity contribution in [3.63, 3.8) is 0 Å². The lowest BCUT2D eigenvalue weighted by Crippen LogP contribution is -2.27. The first-order valence-corrected chi connectivity index (χ1v) is 8.77. The molecule has 2 N–H and O–H groups in total. The number of nitrogen functional groups attached to an aromatic ring is 1. The zero-order valence-corrected chi connectivity index (χ0v) is 15.2. The number of para-hydroxylation sites is 1. The molecule has 10 heteroatoms. The van der Waals surface area contributed by atoms with E-state index in [1.807, 2.05) is 30.3 Å². The summed E-state index contributed by atoms with van der Waals surface area (Å²) >= 11 is 6.21. The van der Waals surface area contributed by atoms with Crippen LogP contribution >= 0.6 is 11.6 Å². The monoisotopic (exact) mass is 392 g/mol. The number of halogens is 1. The van der Waals surface area contributed by atoms with Gasteiger partial charge in [-0.05, 0) is 18.2 Å². The summed E-state index contributed by atoms with van der Waals surface area (Å²) in [5.74, 6) is 0.789. The number of imidazole rings is 1. The van der Waals surface area contributed by atoms with E-state index in [0.29, 0.717) is 39.0 Å². The minimum absolute atomic E-state index is 0.253. The fraction of sp³-hybridized carbons (Fsp3) is 0.0556. The predicted octanol–water partition coefficient (Wildman–Crippen LogP) is 1.91. The van der Waals surface area contributed by atoms with Crippen LogP contribution in [-0.2, 0) is 6.54 Å². The lowest BCUT2D eigenvalue weighted by molar-refractivity contribution is 0.670. The molecular formula is C18H13ClN8O. The van der Waals surface area contributed by atoms with Gasteiger partial charge in [0.25, 0.3) is 5.56 Å². The number of aromatic nitrogens is 7. The summed E-state index contributed by atoms with van der Waals surface area (Å²) in [5, 5.41) is 4.96. The number of nitrogens with two attached hydrogens (primary N) is 1. The Morgan fingerprint density at radius 1 is 1.07 bits per heavy atom. The molecule has 0 saturated heterocycles. The normalized spacial score (nSPS) is 11.5. The molecule has 0 fully saturated rings. The first-order chi connectivity index (χ1) is 13.6. The number of nitrogens with zero attached hydrogens (tertiary/aromatic N) is 7. The van der Waals surface area contributed by atoms with Crippen molar-refractivity contribution in [2.45, 2.75) is 6.54 Å². The van der Waals surface area contributed by atoms with Gasteiger partial charge in [-0.3, -0.25) is 9.36 Å². The first kappa shape index (κ1) is 16.5. The predicted molar refractivity (Wildman–Crippen MR) is 105 cm³/mol. The van der Waals surface area contributed by atoms with Crippen molar-refractivity contribution in [3.8, 4) is 5.69 Å². The third kappa shape index (κ3) is 2.44. The molecule has 0 unspecified atom stereocenters. The van der Waals surface area contributed by atoms with Gasteiger partial charge in [-0.25, -0.2) is 19.5 Å². The molecule has 5 aromatic rings. The average molecular weight is 393 g/mol. The first-order valence-electron chi connectivity index (χ1n) is 8.39. The quantitative estimate of drug-likeness (QED) is 0.502. The van der Waals surface area contributed by atoms with E-state index in [1.165, 1.54) is 15.4 Å². The maximum atomic E-state index is 13.2. The van der Waals surface area contributed by atoms with Gasteiger partial charge in [0.05, 0.1) is 23.6 Å². The molecule has 0 spiro atoms. The van der Waals surface area contributed by atoms with Crippen molar-refractivity contribution in [1.82, 2.24) is 33.7 Å². The molecule has 0 aliphatic carbocycles. The van der Waals surface area contributed by atoms with Crippen molar-refractivity contribution in [2.24, 2.45) is 0 Å². The van der Waals surface area contributed by atoms with E-state index in [-0.39, 0.29) is 12.1 Å². The molecule has 4 heterocycles. The zero-order chi connectivity index (χ0) is 19.3. The fourth-order valence-electron chi connectivity index (χ4n) is 3.19. The summed E-state index contributed by atoms with van der Waals surface area (Å²) in [5.41, 5.74) is 7.68. The van der Waals surface area contributed by atoms with Crippen molar-refractivity contribution in [1.29, 1.82) is 0 Å². The number of benzene rings is 1. The SMILES string of the molecule is Nc1ncnc2c1ncn2Cc1nn2ccc(Cl)c2c(=O)n1-c1ccccc1. The van der Waals surface area contributed by atoms with Crippen LogP contribution in [0.25, 0.3) is 22.4 Å². The largest absolute Gasteiger partial charge is 0.382 e. The molecule has 1 aromatic carbocycles. The van der Waals surface area contributed by atoms with Crippen molar-refractivity contribution in [2.75, 3.05) is 5.73 Å². The number of anilines is 1. The van der Waals surface area contributed by atoms with E-state index < -0.39 is 0 Å². The van der Waals surface area contributed by atoms with Gasteiger partial charge in [-0.15, -0.1) is 0 Å². The van der Waals surface area contributed by atoms with Gasteiger partial charge in [0.1, 0.15) is 17.4 Å². The molecule has 4 aromatic heterocycles. The summed E-state index contributed by atoms with van der Waals surface area (Å²) in [6, 6.07) is 10.9. The van der Waals surface area contributed by atoms with Crippen LogP contribution in [0, 0.1) is 0 Å². The molecule has 0 aliphatic heterocycles. The Morgan fingerprint density at radius 2 is 1.89 bits per heavy atom. The second kappa shape index (κ2) is 6.17. The van der Waals surface area contributed by atoms with Crippen molar-refractivity contribution < 1.29 is 0 Å². The molecule has 0 radical (unpaired) electrons. The molecule has 0 aliphatic rings. The van der Waals surface area contributed by atoms with E-state index in [0.717, 1.165) is 0 Å². The van der Waals surface area contributed by atoms with Gasteiger partial charge in [0.2, 0.25) is 0 Å². The minimum Gasteiger partial charge on any atom is -0.382 e. The second-order valence-corrected chi connectivity index (χ2v) is 6.56. The molecule has 28 heavy (non-hydrogen) atoms. The Kier molecular flexibility index (Phi) is 3.63. The molecule has 0 saturated carbocycles. The van der Waals surface area contributed by atoms with E-state index in [1.54, 1.807) is 23.2 Å². The number of hydrogen-bond acceptors (Lipinski definition) is 6. The third-order valence-electron chi connectivity index (χ3n) is 4.46. The fourth-order valence-corrected chi connectivity index (χ4v) is 3.41. The van der Waals surface area contributed by atoms with Crippen LogP contribution in [0.4, 0.5) is 5.82 Å². The van der Waals surface area contributed by atoms with E-state index >= 15 is 0 Å². The van der Waals surface area contributed by atoms with E-state index in [4.69, 9.17) is 17.3 Å². The van der Waals surface area contributed by atoms with Crippen LogP contribution in [0.5, 0.6) is 0 Å². The summed E-state index contributed by atoms with van der Waals surface area (Å²) in [6.45, 7) is 0.253. The van der Waals surface area contributed by atoms with Crippen LogP contribution in [0.15, 0.2) is 60.0 Å². The Labute approximate surface area is 162 Å². The Bertz CT molecular complexity index is 1390. The minimum atomic E-state index is -0.259. The molecule has 9 nitrogen and oxygen atoms in total. The smallest absolute Gasteiger partial charge is 0.284 e.